The zero-order valence-corrected chi connectivity index (χ0v) is 9.94. The van der Waals surface area contributed by atoms with E-state index in [2.05, 4.69) is 0 Å². The molecule has 0 aromatic heterocycles. The Balaban J connectivity index is 2.21. The molecule has 0 N–H and O–H groups in total. The van der Waals surface area contributed by atoms with E-state index in [0.717, 1.165) is 0 Å². The van der Waals surface area contributed by atoms with Crippen molar-refractivity contribution < 1.29 is 17.4 Å². The van der Waals surface area contributed by atoms with Crippen molar-refractivity contribution in [3.05, 3.63) is 42.2 Å². The Bertz CT molecular complexity index is 543. The molecule has 2 rings (SSSR count). The summed E-state index contributed by atoms with van der Waals surface area (Å²) in [4.78, 5) is 11.2. The van der Waals surface area contributed by atoms with Crippen molar-refractivity contribution in [1.29, 1.82) is 0 Å². The van der Waals surface area contributed by atoms with Crippen LogP contribution >= 0.6 is 0 Å². The second kappa shape index (κ2) is 4.71. The van der Waals surface area contributed by atoms with Crippen LogP contribution in [0.2, 0.25) is 0 Å². The molecular weight excluding hydrogens is 240 g/mol. The number of hydrogen-bond donors (Lipinski definition) is 0. The Kier molecular flexibility index (Phi) is 3.28. The normalized spacial score (nSPS) is 16.5. The standard InChI is InChI=1S/C12H12O4S/c13-10-5-4-6-11(9-10)16-17(14,15)12-7-2-1-3-8-12/h1-3,7-9H,4-6H2. The molecule has 0 saturated heterocycles. The molecule has 5 heteroatoms. The van der Waals surface area contributed by atoms with Gasteiger partial charge in [0.05, 0.1) is 0 Å². The molecular formula is C12H12O4S. The van der Waals surface area contributed by atoms with Crippen LogP contribution in [0.1, 0.15) is 19.3 Å². The maximum absolute atomic E-state index is 11.8. The van der Waals surface area contributed by atoms with Crippen LogP contribution < -0.4 is 0 Å². The molecule has 0 unspecified atom stereocenters. The second-order valence-electron chi connectivity index (χ2n) is 3.78. The molecule has 0 bridgehead atoms. The van der Waals surface area contributed by atoms with Gasteiger partial charge in [0, 0.05) is 18.9 Å². The lowest BCUT2D eigenvalue weighted by Gasteiger charge is -2.13. The van der Waals surface area contributed by atoms with E-state index in [1.54, 1.807) is 18.2 Å². The fourth-order valence-corrected chi connectivity index (χ4v) is 2.60. The van der Waals surface area contributed by atoms with Gasteiger partial charge in [-0.05, 0) is 18.6 Å². The first-order chi connectivity index (χ1) is 8.08. The second-order valence-corrected chi connectivity index (χ2v) is 5.33. The number of benzene rings is 1. The highest BCUT2D eigenvalue weighted by Crippen LogP contribution is 2.22. The van der Waals surface area contributed by atoms with Crippen molar-refractivity contribution in [3.8, 4) is 0 Å². The molecule has 4 nitrogen and oxygen atoms in total. The van der Waals surface area contributed by atoms with Gasteiger partial charge in [-0.15, -0.1) is 0 Å². The van der Waals surface area contributed by atoms with E-state index in [0.29, 0.717) is 19.3 Å². The fraction of sp³-hybridized carbons (Fsp3) is 0.250. The first kappa shape index (κ1) is 11.9. The van der Waals surface area contributed by atoms with Crippen molar-refractivity contribution in [1.82, 2.24) is 0 Å². The average Bonchev–Trinajstić information content (AvgIpc) is 2.29. The Morgan fingerprint density at radius 2 is 1.76 bits per heavy atom. The highest BCUT2D eigenvalue weighted by molar-refractivity contribution is 7.86. The molecule has 0 aliphatic heterocycles. The van der Waals surface area contributed by atoms with E-state index in [-0.39, 0.29) is 16.4 Å². The Morgan fingerprint density at radius 3 is 2.41 bits per heavy atom. The van der Waals surface area contributed by atoms with Crippen LogP contribution in [-0.2, 0) is 19.1 Å². The molecule has 0 amide bonds. The molecule has 0 atom stereocenters. The Hall–Kier alpha value is -1.62. The molecule has 0 heterocycles. The fourth-order valence-electron chi connectivity index (χ4n) is 1.60. The van der Waals surface area contributed by atoms with Gasteiger partial charge in [0.1, 0.15) is 10.7 Å². The molecule has 0 fully saturated rings. The van der Waals surface area contributed by atoms with Gasteiger partial charge in [0.25, 0.3) is 0 Å². The number of carbonyl (C=O) groups excluding carboxylic acids is 1. The van der Waals surface area contributed by atoms with E-state index in [4.69, 9.17) is 4.18 Å². The zero-order valence-electron chi connectivity index (χ0n) is 9.13. The van der Waals surface area contributed by atoms with Gasteiger partial charge >= 0.3 is 10.1 Å². The van der Waals surface area contributed by atoms with Crippen LogP contribution in [0.25, 0.3) is 0 Å². The Morgan fingerprint density at radius 1 is 1.06 bits per heavy atom. The minimum Gasteiger partial charge on any atom is -0.383 e. The minimum absolute atomic E-state index is 0.0884. The summed E-state index contributed by atoms with van der Waals surface area (Å²) >= 11 is 0. The van der Waals surface area contributed by atoms with Crippen LogP contribution in [-0.4, -0.2) is 14.2 Å². The third-order valence-electron chi connectivity index (χ3n) is 2.42. The summed E-state index contributed by atoms with van der Waals surface area (Å²) in [5.41, 5.74) is 0. The van der Waals surface area contributed by atoms with Gasteiger partial charge in [0.15, 0.2) is 5.78 Å². The molecule has 1 aliphatic rings. The van der Waals surface area contributed by atoms with Gasteiger partial charge in [-0.2, -0.15) is 8.42 Å². The summed E-state index contributed by atoms with van der Waals surface area (Å²) in [6.07, 6.45) is 2.84. The highest BCUT2D eigenvalue weighted by atomic mass is 32.2. The smallest absolute Gasteiger partial charge is 0.338 e. The molecule has 0 saturated carbocycles. The summed E-state index contributed by atoms with van der Waals surface area (Å²) in [5.74, 6) is 0.139. The monoisotopic (exact) mass is 252 g/mol. The van der Waals surface area contributed by atoms with Crippen molar-refractivity contribution in [2.45, 2.75) is 24.2 Å². The molecule has 1 aliphatic carbocycles. The SMILES string of the molecule is O=C1C=C(OS(=O)(=O)c2ccccc2)CCC1. The predicted octanol–water partition coefficient (Wildman–Crippen LogP) is 2.03. The number of allylic oxidation sites excluding steroid dienone is 2. The highest BCUT2D eigenvalue weighted by Gasteiger charge is 2.20. The van der Waals surface area contributed by atoms with Crippen molar-refractivity contribution in [2.24, 2.45) is 0 Å². The lowest BCUT2D eigenvalue weighted by molar-refractivity contribution is -0.115. The summed E-state index contributed by atoms with van der Waals surface area (Å²) in [6, 6.07) is 7.89. The quantitative estimate of drug-likeness (QED) is 0.772. The molecule has 90 valence electrons. The predicted molar refractivity (Wildman–Crippen MR) is 61.7 cm³/mol. The number of hydrogen-bond acceptors (Lipinski definition) is 4. The van der Waals surface area contributed by atoms with Crippen LogP contribution in [0.4, 0.5) is 0 Å². The van der Waals surface area contributed by atoms with Gasteiger partial charge in [-0.3, -0.25) is 4.79 Å². The van der Waals surface area contributed by atoms with Gasteiger partial charge in [0.2, 0.25) is 0 Å². The zero-order chi connectivity index (χ0) is 12.3. The van der Waals surface area contributed by atoms with Crippen molar-refractivity contribution >= 4 is 15.9 Å². The third kappa shape index (κ3) is 2.94. The van der Waals surface area contributed by atoms with Crippen LogP contribution in [0.5, 0.6) is 0 Å². The lowest BCUT2D eigenvalue weighted by Crippen LogP contribution is -2.11. The van der Waals surface area contributed by atoms with E-state index in [1.165, 1.54) is 18.2 Å². The topological polar surface area (TPSA) is 60.4 Å². The maximum Gasteiger partial charge on any atom is 0.338 e. The number of rotatable bonds is 3. The molecule has 1 aromatic rings. The summed E-state index contributed by atoms with van der Waals surface area (Å²) in [5, 5.41) is 0. The van der Waals surface area contributed by atoms with Gasteiger partial charge < -0.3 is 4.18 Å². The molecule has 1 aromatic carbocycles. The van der Waals surface area contributed by atoms with E-state index < -0.39 is 10.1 Å². The van der Waals surface area contributed by atoms with Crippen LogP contribution in [0.3, 0.4) is 0 Å². The maximum atomic E-state index is 11.8. The number of carbonyl (C=O) groups is 1. The molecule has 17 heavy (non-hydrogen) atoms. The average molecular weight is 252 g/mol. The van der Waals surface area contributed by atoms with Gasteiger partial charge in [-0.25, -0.2) is 0 Å². The summed E-state index contributed by atoms with van der Waals surface area (Å²) in [7, 11) is -3.80. The summed E-state index contributed by atoms with van der Waals surface area (Å²) < 4.78 is 28.6. The largest absolute Gasteiger partial charge is 0.383 e. The molecule has 0 radical (unpaired) electrons. The van der Waals surface area contributed by atoms with E-state index in [9.17, 15) is 13.2 Å². The summed E-state index contributed by atoms with van der Waals surface area (Å²) in [6.45, 7) is 0. The van der Waals surface area contributed by atoms with Gasteiger partial charge in [-0.1, -0.05) is 18.2 Å². The lowest BCUT2D eigenvalue weighted by atomic mass is 10.1. The van der Waals surface area contributed by atoms with E-state index >= 15 is 0 Å². The minimum atomic E-state index is -3.80. The van der Waals surface area contributed by atoms with Crippen molar-refractivity contribution in [3.63, 3.8) is 0 Å². The van der Waals surface area contributed by atoms with Crippen LogP contribution in [0, 0.1) is 0 Å². The van der Waals surface area contributed by atoms with Crippen LogP contribution in [0.15, 0.2) is 47.1 Å². The van der Waals surface area contributed by atoms with Crippen molar-refractivity contribution in [2.75, 3.05) is 0 Å². The third-order valence-corrected chi connectivity index (χ3v) is 3.70. The first-order valence-corrected chi connectivity index (χ1v) is 6.72. The first-order valence-electron chi connectivity index (χ1n) is 5.31. The number of ketones is 1. The van der Waals surface area contributed by atoms with E-state index in [1.807, 2.05) is 0 Å². The Labute approximate surface area is 100 Å². The molecule has 0 spiro atoms.